The van der Waals surface area contributed by atoms with Gasteiger partial charge >= 0.3 is 0 Å². The van der Waals surface area contributed by atoms with Crippen molar-refractivity contribution in [2.75, 3.05) is 5.75 Å². The van der Waals surface area contributed by atoms with Crippen molar-refractivity contribution >= 4 is 11.8 Å². The molecule has 0 fully saturated rings. The summed E-state index contributed by atoms with van der Waals surface area (Å²) >= 11 is 1.12. The molecular weight excluding hydrogens is 118 g/mol. The molecule has 0 saturated carbocycles. The molecule has 0 amide bonds. The Balaban J connectivity index is 0. The Morgan fingerprint density at radius 2 is 2.29 bits per heavy atom. The van der Waals surface area contributed by atoms with Crippen LogP contribution in [0, 0.1) is 0 Å². The summed E-state index contributed by atoms with van der Waals surface area (Å²) in [5.74, 6) is 0.773. The number of hydrogen-bond donors (Lipinski definition) is 0. The fourth-order valence-electron chi connectivity index (χ4n) is 0.157. The van der Waals surface area contributed by atoms with Gasteiger partial charge in [-0.05, 0) is 5.75 Å². The van der Waals surface area contributed by atoms with E-state index in [1.54, 1.807) is 0 Å². The summed E-state index contributed by atoms with van der Waals surface area (Å²) in [7, 11) is 0. The lowest BCUT2D eigenvalue weighted by Gasteiger charge is -1.82. The third kappa shape index (κ3) is 10.7. The number of rotatable bonds is 2. The molecule has 0 unspecified atom stereocenters. The average Bonchev–Trinajstić information content (AvgIpc) is 1.35. The standard InChI is InChI=1S/C4H7FS.FH/c1-3-6-4(2)5;/h2-3H2,1H3;1H. The zero-order chi connectivity index (χ0) is 4.99. The summed E-state index contributed by atoms with van der Waals surface area (Å²) in [5, 5.41) is -0.294. The van der Waals surface area contributed by atoms with Crippen LogP contribution in [-0.4, -0.2) is 5.75 Å². The van der Waals surface area contributed by atoms with Crippen molar-refractivity contribution in [3.8, 4) is 0 Å². The fourth-order valence-corrected chi connectivity index (χ4v) is 0.470. The summed E-state index contributed by atoms with van der Waals surface area (Å²) in [5.41, 5.74) is 0. The molecule has 0 aliphatic carbocycles. The van der Waals surface area contributed by atoms with Crippen molar-refractivity contribution in [1.29, 1.82) is 0 Å². The van der Waals surface area contributed by atoms with Gasteiger partial charge in [0.1, 0.15) is 5.16 Å². The van der Waals surface area contributed by atoms with Gasteiger partial charge in [0.2, 0.25) is 0 Å². The van der Waals surface area contributed by atoms with E-state index in [9.17, 15) is 4.39 Å². The topological polar surface area (TPSA) is 0 Å². The van der Waals surface area contributed by atoms with E-state index < -0.39 is 0 Å². The molecule has 0 atom stereocenters. The first-order chi connectivity index (χ1) is 2.77. The second kappa shape index (κ2) is 5.95. The minimum Gasteiger partial charge on any atom is -0.269 e. The smallest absolute Gasteiger partial charge is 0.149 e. The van der Waals surface area contributed by atoms with E-state index in [4.69, 9.17) is 0 Å². The van der Waals surface area contributed by atoms with Crippen molar-refractivity contribution in [1.82, 2.24) is 0 Å². The third-order valence-corrected chi connectivity index (χ3v) is 0.903. The number of hydrogen-bond acceptors (Lipinski definition) is 1. The summed E-state index contributed by atoms with van der Waals surface area (Å²) in [6, 6.07) is 0. The number of thioether (sulfide) groups is 1. The molecule has 0 heterocycles. The van der Waals surface area contributed by atoms with Gasteiger partial charge in [-0.1, -0.05) is 25.3 Å². The summed E-state index contributed by atoms with van der Waals surface area (Å²) in [6.07, 6.45) is 0. The van der Waals surface area contributed by atoms with Crippen LogP contribution in [0.5, 0.6) is 0 Å². The molecule has 7 heavy (non-hydrogen) atoms. The van der Waals surface area contributed by atoms with Crippen LogP contribution in [0.1, 0.15) is 6.92 Å². The van der Waals surface area contributed by atoms with E-state index in [1.807, 2.05) is 6.92 Å². The predicted molar refractivity (Wildman–Crippen MR) is 30.9 cm³/mol. The normalized spacial score (nSPS) is 7.14. The van der Waals surface area contributed by atoms with E-state index in [0.29, 0.717) is 0 Å². The van der Waals surface area contributed by atoms with Crippen molar-refractivity contribution in [3.05, 3.63) is 11.7 Å². The average molecular weight is 126 g/mol. The summed E-state index contributed by atoms with van der Waals surface area (Å²) < 4.78 is 11.5. The molecule has 0 rings (SSSR count). The van der Waals surface area contributed by atoms with Crippen LogP contribution in [0.3, 0.4) is 0 Å². The molecule has 0 aliphatic heterocycles. The Labute approximate surface area is 46.2 Å². The Hall–Kier alpha value is -0.0500. The molecule has 0 aromatic heterocycles. The third-order valence-electron chi connectivity index (χ3n) is 0.301. The van der Waals surface area contributed by atoms with E-state index >= 15 is 0 Å². The number of halogens is 2. The van der Waals surface area contributed by atoms with Gasteiger partial charge in [-0.25, -0.2) is 4.39 Å². The van der Waals surface area contributed by atoms with E-state index in [1.165, 1.54) is 0 Å². The molecule has 0 spiro atoms. The highest BCUT2D eigenvalue weighted by atomic mass is 32.2. The minimum absolute atomic E-state index is 0. The Morgan fingerprint density at radius 1 is 1.86 bits per heavy atom. The minimum atomic E-state index is -0.294. The van der Waals surface area contributed by atoms with Gasteiger partial charge in [-0.15, -0.1) is 0 Å². The van der Waals surface area contributed by atoms with Gasteiger partial charge in [-0.2, -0.15) is 0 Å². The van der Waals surface area contributed by atoms with Gasteiger partial charge in [0, 0.05) is 0 Å². The molecule has 0 N–H and O–H groups in total. The quantitative estimate of drug-likeness (QED) is 0.547. The van der Waals surface area contributed by atoms with E-state index in [0.717, 1.165) is 17.5 Å². The van der Waals surface area contributed by atoms with Gasteiger partial charge in [0.15, 0.2) is 0 Å². The van der Waals surface area contributed by atoms with Gasteiger partial charge in [0.05, 0.1) is 0 Å². The highest BCUT2D eigenvalue weighted by molar-refractivity contribution is 8.02. The zero-order valence-electron chi connectivity index (χ0n) is 4.11. The van der Waals surface area contributed by atoms with Crippen LogP contribution in [0.2, 0.25) is 0 Å². The Morgan fingerprint density at radius 3 is 2.29 bits per heavy atom. The van der Waals surface area contributed by atoms with Gasteiger partial charge < -0.3 is 0 Å². The largest absolute Gasteiger partial charge is 0.269 e. The van der Waals surface area contributed by atoms with Gasteiger partial charge in [-0.3, -0.25) is 4.70 Å². The van der Waals surface area contributed by atoms with E-state index in [2.05, 4.69) is 6.58 Å². The maximum absolute atomic E-state index is 11.5. The molecular formula is C4H8F2S. The molecule has 0 radical (unpaired) electrons. The van der Waals surface area contributed by atoms with Crippen LogP contribution < -0.4 is 0 Å². The van der Waals surface area contributed by atoms with Crippen LogP contribution in [0.15, 0.2) is 11.7 Å². The highest BCUT2D eigenvalue weighted by Gasteiger charge is 1.81. The SMILES string of the molecule is C=C(F)SCC.F. The monoisotopic (exact) mass is 126 g/mol. The van der Waals surface area contributed by atoms with Crippen LogP contribution in [0.25, 0.3) is 0 Å². The molecule has 0 saturated heterocycles. The highest BCUT2D eigenvalue weighted by Crippen LogP contribution is 2.11. The molecule has 3 heteroatoms. The molecule has 0 aliphatic rings. The van der Waals surface area contributed by atoms with Crippen molar-refractivity contribution in [3.63, 3.8) is 0 Å². The molecule has 0 nitrogen and oxygen atoms in total. The molecule has 0 aromatic carbocycles. The molecule has 44 valence electrons. The first-order valence-electron chi connectivity index (χ1n) is 1.74. The Bertz CT molecular complexity index is 53.7. The molecule has 0 aromatic rings. The first-order valence-corrected chi connectivity index (χ1v) is 2.73. The predicted octanol–water partition coefficient (Wildman–Crippen LogP) is 2.33. The zero-order valence-corrected chi connectivity index (χ0v) is 4.93. The van der Waals surface area contributed by atoms with Gasteiger partial charge in [0.25, 0.3) is 0 Å². The van der Waals surface area contributed by atoms with Crippen LogP contribution >= 0.6 is 11.8 Å². The first kappa shape index (κ1) is 10.0. The maximum Gasteiger partial charge on any atom is 0.149 e. The molecule has 0 bridgehead atoms. The van der Waals surface area contributed by atoms with Crippen molar-refractivity contribution in [2.24, 2.45) is 0 Å². The lowest BCUT2D eigenvalue weighted by molar-refractivity contribution is 0.704. The summed E-state index contributed by atoms with van der Waals surface area (Å²) in [6.45, 7) is 4.93. The van der Waals surface area contributed by atoms with Crippen LogP contribution in [0.4, 0.5) is 9.09 Å². The Kier molecular flexibility index (Phi) is 8.54. The second-order valence-corrected chi connectivity index (χ2v) is 2.10. The van der Waals surface area contributed by atoms with Crippen molar-refractivity contribution < 1.29 is 9.09 Å². The lowest BCUT2D eigenvalue weighted by Crippen LogP contribution is -1.60. The van der Waals surface area contributed by atoms with Crippen LogP contribution in [-0.2, 0) is 0 Å². The maximum atomic E-state index is 11.5. The fraction of sp³-hybridized carbons (Fsp3) is 0.500. The summed E-state index contributed by atoms with van der Waals surface area (Å²) in [4.78, 5) is 0. The van der Waals surface area contributed by atoms with Crippen molar-refractivity contribution in [2.45, 2.75) is 6.92 Å². The second-order valence-electron chi connectivity index (χ2n) is 0.788. The lowest BCUT2D eigenvalue weighted by atomic mass is 11.0. The van der Waals surface area contributed by atoms with E-state index in [-0.39, 0.29) is 9.86 Å².